The smallest absolute Gasteiger partial charge is 0.417 e. The van der Waals surface area contributed by atoms with Crippen molar-refractivity contribution in [1.29, 1.82) is 0 Å². The van der Waals surface area contributed by atoms with E-state index in [0.29, 0.717) is 24.7 Å². The molecule has 9 nitrogen and oxygen atoms in total. The number of aromatic nitrogens is 2. The van der Waals surface area contributed by atoms with Crippen molar-refractivity contribution in [3.8, 4) is 17.1 Å². The van der Waals surface area contributed by atoms with Gasteiger partial charge in [0.25, 0.3) is 11.5 Å². The van der Waals surface area contributed by atoms with Gasteiger partial charge < -0.3 is 31.0 Å². The minimum atomic E-state index is -5.15. The number of carbonyl (C=O) groups is 1. The Kier molecular flexibility index (Phi) is 9.16. The molecular weight excluding hydrogens is 594 g/mol. The predicted molar refractivity (Wildman–Crippen MR) is 152 cm³/mol. The Bertz CT molecular complexity index is 1680. The largest absolute Gasteiger partial charge is 0.474 e. The fraction of sp³-hybridized carbons (Fsp3) is 0.345. The number of aryl methyl sites for hydroxylation is 1. The summed E-state index contributed by atoms with van der Waals surface area (Å²) < 4.78 is 94.9. The lowest BCUT2D eigenvalue weighted by molar-refractivity contribution is -0.137. The number of carbonyl (C=O) groups excluding carboxylic acids is 1. The third kappa shape index (κ3) is 6.45. The first-order valence-electron chi connectivity index (χ1n) is 13.5. The second-order valence-corrected chi connectivity index (χ2v) is 10.3. The second-order valence-electron chi connectivity index (χ2n) is 10.3. The lowest BCUT2D eigenvalue weighted by Crippen LogP contribution is -2.31. The third-order valence-electron chi connectivity index (χ3n) is 7.07. The van der Waals surface area contributed by atoms with E-state index >= 15 is 4.39 Å². The third-order valence-corrected chi connectivity index (χ3v) is 7.07. The van der Waals surface area contributed by atoms with E-state index in [-0.39, 0.29) is 18.7 Å². The highest BCUT2D eigenvalue weighted by Crippen LogP contribution is 2.44. The van der Waals surface area contributed by atoms with Crippen LogP contribution in [-0.2, 0) is 19.8 Å². The van der Waals surface area contributed by atoms with Gasteiger partial charge in [0.05, 0.1) is 29.6 Å². The molecule has 0 saturated carbocycles. The number of benzene rings is 1. The number of pyridine rings is 2. The topological polar surface area (TPSA) is 123 Å². The van der Waals surface area contributed by atoms with Gasteiger partial charge in [-0.05, 0) is 44.0 Å². The zero-order valence-electron chi connectivity index (χ0n) is 24.2. The van der Waals surface area contributed by atoms with Crippen molar-refractivity contribution in [1.82, 2.24) is 20.2 Å². The molecule has 0 bridgehead atoms. The highest BCUT2D eigenvalue weighted by Gasteiger charge is 2.39. The Morgan fingerprint density at radius 1 is 1.18 bits per heavy atom. The van der Waals surface area contributed by atoms with Gasteiger partial charge in [0, 0.05) is 44.0 Å². The summed E-state index contributed by atoms with van der Waals surface area (Å²) in [7, 11) is 1.29. The molecule has 44 heavy (non-hydrogen) atoms. The molecule has 0 radical (unpaired) electrons. The van der Waals surface area contributed by atoms with Gasteiger partial charge >= 0.3 is 6.18 Å². The maximum Gasteiger partial charge on any atom is 0.417 e. The number of hydrogen-bond acceptors (Lipinski definition) is 7. The van der Waals surface area contributed by atoms with E-state index in [1.807, 2.05) is 0 Å². The molecule has 3 aromatic rings. The van der Waals surface area contributed by atoms with Gasteiger partial charge in [-0.25, -0.2) is 18.2 Å². The summed E-state index contributed by atoms with van der Waals surface area (Å²) >= 11 is 0. The van der Waals surface area contributed by atoms with E-state index < -0.39 is 86.4 Å². The number of nitrogens with one attached hydrogen (secondary N) is 3. The number of nitrogens with two attached hydrogens (primary N) is 1. The molecule has 1 aromatic carbocycles. The Morgan fingerprint density at radius 2 is 1.89 bits per heavy atom. The number of nitrogen functional groups attached to an aromatic ring is 1. The molecular formula is C29H30F6N6O3. The van der Waals surface area contributed by atoms with Gasteiger partial charge in [-0.15, -0.1) is 0 Å². The monoisotopic (exact) mass is 624 g/mol. The van der Waals surface area contributed by atoms with Crippen LogP contribution in [0.25, 0.3) is 11.3 Å². The highest BCUT2D eigenvalue weighted by molar-refractivity contribution is 6.03. The quantitative estimate of drug-likeness (QED) is 0.244. The van der Waals surface area contributed by atoms with E-state index in [0.717, 1.165) is 17.6 Å². The number of amides is 1. The summed E-state index contributed by atoms with van der Waals surface area (Å²) in [5.41, 5.74) is -0.437. The fourth-order valence-electron chi connectivity index (χ4n) is 4.79. The van der Waals surface area contributed by atoms with Crippen molar-refractivity contribution in [2.75, 3.05) is 24.1 Å². The molecule has 0 unspecified atom stereocenters. The minimum absolute atomic E-state index is 0.0100. The van der Waals surface area contributed by atoms with Gasteiger partial charge in [0.2, 0.25) is 5.88 Å². The summed E-state index contributed by atoms with van der Waals surface area (Å²) in [6.07, 6.45) is -2.48. The number of fused-ring (bicyclic) bond motifs is 1. The number of ether oxygens (including phenoxy) is 1. The van der Waals surface area contributed by atoms with Crippen molar-refractivity contribution in [2.24, 2.45) is 7.05 Å². The van der Waals surface area contributed by atoms with Crippen LogP contribution in [0.15, 0.2) is 34.9 Å². The number of anilines is 2. The molecule has 4 rings (SSSR count). The van der Waals surface area contributed by atoms with Gasteiger partial charge in [0.15, 0.2) is 11.6 Å². The molecule has 1 aliphatic rings. The Morgan fingerprint density at radius 3 is 2.52 bits per heavy atom. The van der Waals surface area contributed by atoms with E-state index in [1.165, 1.54) is 13.2 Å². The number of halogens is 6. The lowest BCUT2D eigenvalue weighted by atomic mass is 9.95. The molecule has 15 heteroatoms. The minimum Gasteiger partial charge on any atom is -0.474 e. The number of allylic oxidation sites excluding steroid dienone is 1. The number of alkyl halides is 3. The number of hydrogen-bond donors (Lipinski definition) is 4. The van der Waals surface area contributed by atoms with Crippen molar-refractivity contribution >= 4 is 17.3 Å². The number of nitrogens with zero attached hydrogens (tertiary/aromatic N) is 2. The Labute approximate surface area is 248 Å². The van der Waals surface area contributed by atoms with E-state index in [1.54, 1.807) is 19.9 Å². The van der Waals surface area contributed by atoms with E-state index in [9.17, 15) is 31.5 Å². The summed E-state index contributed by atoms with van der Waals surface area (Å²) in [6.45, 7) is 4.23. The fourth-order valence-corrected chi connectivity index (χ4v) is 4.79. The predicted octanol–water partition coefficient (Wildman–Crippen LogP) is 4.78. The molecule has 0 aliphatic carbocycles. The van der Waals surface area contributed by atoms with Crippen LogP contribution in [-0.4, -0.2) is 34.7 Å². The normalized spacial score (nSPS) is 16.8. The van der Waals surface area contributed by atoms with Gasteiger partial charge in [-0.1, -0.05) is 6.08 Å². The number of rotatable bonds is 4. The van der Waals surface area contributed by atoms with Crippen LogP contribution in [0, 0.1) is 24.4 Å². The van der Waals surface area contributed by atoms with Gasteiger partial charge in [-0.3, -0.25) is 9.59 Å². The average molecular weight is 625 g/mol. The van der Waals surface area contributed by atoms with Crippen LogP contribution in [0.2, 0.25) is 0 Å². The van der Waals surface area contributed by atoms with Crippen LogP contribution in [0.4, 0.5) is 37.7 Å². The van der Waals surface area contributed by atoms with Crippen LogP contribution >= 0.6 is 0 Å². The molecule has 5 N–H and O–H groups in total. The second kappa shape index (κ2) is 12.5. The van der Waals surface area contributed by atoms with Crippen LogP contribution in [0.1, 0.15) is 47.3 Å². The Hall–Kier alpha value is -4.69. The molecule has 0 saturated heterocycles. The highest BCUT2D eigenvalue weighted by atomic mass is 19.4. The molecule has 3 heterocycles. The van der Waals surface area contributed by atoms with Crippen molar-refractivity contribution in [3.63, 3.8) is 0 Å². The summed E-state index contributed by atoms with van der Waals surface area (Å²) in [5, 5.41) is 8.40. The van der Waals surface area contributed by atoms with Gasteiger partial charge in [0.1, 0.15) is 17.1 Å². The standard InChI is InChI=1S/C29H30F6N6O3/c1-5-16-11-39-26(42)20-25(38-10-15-8-18(30)28(43)41(4)12-15)23(32)24(40-27(20)44-13(2)6-7-37-16)17-9-19(36)22(31)14(3)21(17)29(33,34)35/h5,8-9,12-13,37H,6-7,10-11,36H2,1-4H3,(H,38,40)(H,39,42)/b16-5-/t13-/m0/s1. The van der Waals surface area contributed by atoms with Crippen LogP contribution < -0.4 is 32.0 Å². The summed E-state index contributed by atoms with van der Waals surface area (Å²) in [5.74, 6) is -5.22. The molecule has 236 valence electrons. The molecule has 1 amide bonds. The maximum absolute atomic E-state index is 16.5. The SMILES string of the molecule is C/C=C1/CNC(=O)c2c(nc(-c3cc(N)c(F)c(C)c3C(F)(F)F)c(F)c2NCc2cc(F)c(=O)n(C)c2)O[C@@H](C)CCN1. The van der Waals surface area contributed by atoms with Crippen molar-refractivity contribution < 1.29 is 35.9 Å². The zero-order valence-corrected chi connectivity index (χ0v) is 24.2. The molecule has 2 aromatic heterocycles. The first kappa shape index (κ1) is 32.2. The first-order chi connectivity index (χ1) is 20.6. The summed E-state index contributed by atoms with van der Waals surface area (Å²) in [4.78, 5) is 29.4. The maximum atomic E-state index is 16.5. The molecule has 0 spiro atoms. The van der Waals surface area contributed by atoms with Crippen molar-refractivity contribution in [3.05, 3.63) is 80.2 Å². The van der Waals surface area contributed by atoms with E-state index in [2.05, 4.69) is 20.9 Å². The van der Waals surface area contributed by atoms with Crippen LogP contribution in [0.3, 0.4) is 0 Å². The van der Waals surface area contributed by atoms with E-state index in [4.69, 9.17) is 10.5 Å². The average Bonchev–Trinajstić information content (AvgIpc) is 2.97. The summed E-state index contributed by atoms with van der Waals surface area (Å²) in [6, 6.07) is 1.51. The molecule has 1 aliphatic heterocycles. The van der Waals surface area contributed by atoms with Gasteiger partial charge in [-0.2, -0.15) is 13.2 Å². The lowest BCUT2D eigenvalue weighted by Gasteiger charge is -2.23. The van der Waals surface area contributed by atoms with Crippen LogP contribution in [0.5, 0.6) is 5.88 Å². The van der Waals surface area contributed by atoms with Crippen molar-refractivity contribution in [2.45, 2.75) is 46.0 Å². The first-order valence-corrected chi connectivity index (χ1v) is 13.5. The molecule has 0 fully saturated rings. The Balaban J connectivity index is 2.01. The zero-order chi connectivity index (χ0) is 32.5. The molecule has 1 atom stereocenters.